The predicted octanol–water partition coefficient (Wildman–Crippen LogP) is 2.48. The van der Waals surface area contributed by atoms with Crippen LogP contribution in [-0.4, -0.2) is 11.0 Å². The standard InChI is InChI=1S/C11H11FN2/c1-2-7-3-4-9-10(13-7)14-8-5-11(9,12)6-8/h2-4,8H,1,5-6H2,(H,13,14). The number of hydrogen-bond donors (Lipinski definition) is 1. The number of nitrogens with zero attached hydrogens (tertiary/aromatic N) is 1. The zero-order valence-electron chi connectivity index (χ0n) is 7.76. The van der Waals surface area contributed by atoms with Crippen LogP contribution in [-0.2, 0) is 5.67 Å². The SMILES string of the molecule is C=Cc1ccc2c(n1)NC1CC2(F)C1. The Hall–Kier alpha value is -1.38. The van der Waals surface area contributed by atoms with E-state index in [0.717, 1.165) is 5.69 Å². The summed E-state index contributed by atoms with van der Waals surface area (Å²) in [6.07, 6.45) is 2.86. The Bertz CT molecular complexity index is 408. The van der Waals surface area contributed by atoms with Crippen LogP contribution in [0.1, 0.15) is 24.1 Å². The van der Waals surface area contributed by atoms with Gasteiger partial charge in [0.05, 0.1) is 5.69 Å². The average molecular weight is 190 g/mol. The Morgan fingerprint density at radius 2 is 2.36 bits per heavy atom. The van der Waals surface area contributed by atoms with Gasteiger partial charge in [-0.05, 0) is 18.2 Å². The van der Waals surface area contributed by atoms with Crippen molar-refractivity contribution in [3.05, 3.63) is 30.0 Å². The van der Waals surface area contributed by atoms with Crippen LogP contribution in [0, 0.1) is 0 Å². The highest BCUT2D eigenvalue weighted by Gasteiger charge is 2.51. The van der Waals surface area contributed by atoms with Crippen LogP contribution in [0.15, 0.2) is 18.7 Å². The summed E-state index contributed by atoms with van der Waals surface area (Å²) in [5, 5.41) is 3.23. The van der Waals surface area contributed by atoms with Gasteiger partial charge in [-0.1, -0.05) is 6.58 Å². The minimum atomic E-state index is -1.11. The molecule has 1 aliphatic carbocycles. The van der Waals surface area contributed by atoms with Gasteiger partial charge in [0.15, 0.2) is 0 Å². The molecule has 0 radical (unpaired) electrons. The number of rotatable bonds is 1. The van der Waals surface area contributed by atoms with Crippen molar-refractivity contribution >= 4 is 11.9 Å². The van der Waals surface area contributed by atoms with Gasteiger partial charge in [0.25, 0.3) is 0 Å². The molecule has 2 nitrogen and oxygen atoms in total. The van der Waals surface area contributed by atoms with Gasteiger partial charge in [-0.2, -0.15) is 0 Å². The first-order valence-corrected chi connectivity index (χ1v) is 4.81. The maximum absolute atomic E-state index is 14.1. The maximum atomic E-state index is 14.1. The predicted molar refractivity (Wildman–Crippen MR) is 53.8 cm³/mol. The van der Waals surface area contributed by atoms with Gasteiger partial charge in [0, 0.05) is 24.4 Å². The molecule has 2 bridgehead atoms. The first kappa shape index (κ1) is 7.97. The first-order chi connectivity index (χ1) is 6.71. The quantitative estimate of drug-likeness (QED) is 0.735. The lowest BCUT2D eigenvalue weighted by molar-refractivity contribution is 0.0390. The Kier molecular flexibility index (Phi) is 1.34. The van der Waals surface area contributed by atoms with E-state index in [1.165, 1.54) is 0 Å². The molecule has 0 amide bonds. The zero-order valence-corrected chi connectivity index (χ0v) is 7.76. The van der Waals surface area contributed by atoms with Crippen molar-refractivity contribution < 1.29 is 4.39 Å². The molecular weight excluding hydrogens is 179 g/mol. The lowest BCUT2D eigenvalue weighted by atomic mass is 9.70. The van der Waals surface area contributed by atoms with Crippen LogP contribution < -0.4 is 5.32 Å². The van der Waals surface area contributed by atoms with Gasteiger partial charge in [0.2, 0.25) is 0 Å². The van der Waals surface area contributed by atoms with Gasteiger partial charge in [-0.25, -0.2) is 9.37 Å². The molecule has 0 unspecified atom stereocenters. The number of pyridine rings is 1. The molecule has 0 spiro atoms. The summed E-state index contributed by atoms with van der Waals surface area (Å²) in [6.45, 7) is 3.64. The van der Waals surface area contributed by atoms with E-state index in [0.29, 0.717) is 24.2 Å². The van der Waals surface area contributed by atoms with Crippen LogP contribution in [0.3, 0.4) is 0 Å². The largest absolute Gasteiger partial charge is 0.367 e. The minimum Gasteiger partial charge on any atom is -0.367 e. The van der Waals surface area contributed by atoms with Gasteiger partial charge >= 0.3 is 0 Å². The Morgan fingerprint density at radius 3 is 3.07 bits per heavy atom. The van der Waals surface area contributed by atoms with Crippen molar-refractivity contribution in [3.8, 4) is 0 Å². The van der Waals surface area contributed by atoms with Crippen molar-refractivity contribution in [3.63, 3.8) is 0 Å². The van der Waals surface area contributed by atoms with Crippen molar-refractivity contribution in [2.45, 2.75) is 24.6 Å². The Morgan fingerprint density at radius 1 is 1.57 bits per heavy atom. The number of halogens is 1. The lowest BCUT2D eigenvalue weighted by Crippen LogP contribution is -2.50. The van der Waals surface area contributed by atoms with Crippen LogP contribution in [0.2, 0.25) is 0 Å². The molecule has 72 valence electrons. The molecule has 3 heteroatoms. The zero-order chi connectivity index (χ0) is 9.76. The van der Waals surface area contributed by atoms with E-state index >= 15 is 0 Å². The molecule has 0 saturated heterocycles. The summed E-state index contributed by atoms with van der Waals surface area (Å²) in [7, 11) is 0. The molecule has 4 rings (SSSR count). The summed E-state index contributed by atoms with van der Waals surface area (Å²) in [5.41, 5.74) is 0.393. The van der Waals surface area contributed by atoms with Crippen molar-refractivity contribution in [1.29, 1.82) is 0 Å². The number of hydrogen-bond acceptors (Lipinski definition) is 2. The number of aromatic nitrogens is 1. The Balaban J connectivity index is 2.14. The monoisotopic (exact) mass is 190 g/mol. The van der Waals surface area contributed by atoms with Crippen molar-refractivity contribution in [1.82, 2.24) is 4.98 Å². The summed E-state index contributed by atoms with van der Waals surface area (Å²) in [5.74, 6) is 0.701. The molecule has 2 aliphatic heterocycles. The van der Waals surface area contributed by atoms with Crippen LogP contribution in [0.4, 0.5) is 10.2 Å². The van der Waals surface area contributed by atoms with E-state index < -0.39 is 5.67 Å². The molecule has 0 atom stereocenters. The fourth-order valence-corrected chi connectivity index (χ4v) is 2.30. The highest BCUT2D eigenvalue weighted by atomic mass is 19.1. The molecule has 3 aliphatic rings. The second-order valence-corrected chi connectivity index (χ2v) is 4.05. The van der Waals surface area contributed by atoms with E-state index in [1.807, 2.05) is 12.1 Å². The smallest absolute Gasteiger partial charge is 0.143 e. The van der Waals surface area contributed by atoms with Crippen LogP contribution >= 0.6 is 0 Å². The molecule has 1 N–H and O–H groups in total. The van der Waals surface area contributed by atoms with Gasteiger partial charge in [-0.3, -0.25) is 0 Å². The molecule has 14 heavy (non-hydrogen) atoms. The maximum Gasteiger partial charge on any atom is 0.143 e. The fraction of sp³-hybridized carbons (Fsp3) is 0.364. The van der Waals surface area contributed by atoms with E-state index in [-0.39, 0.29) is 6.04 Å². The lowest BCUT2D eigenvalue weighted by Gasteiger charge is -2.47. The van der Waals surface area contributed by atoms with Gasteiger partial charge in [-0.15, -0.1) is 0 Å². The minimum absolute atomic E-state index is 0.278. The molecule has 1 fully saturated rings. The number of alkyl halides is 1. The van der Waals surface area contributed by atoms with E-state index in [4.69, 9.17) is 0 Å². The average Bonchev–Trinajstić information content (AvgIpc) is 2.15. The molecule has 3 heterocycles. The molecule has 1 aromatic rings. The van der Waals surface area contributed by atoms with Crippen LogP contribution in [0.25, 0.3) is 6.08 Å². The third-order valence-corrected chi connectivity index (χ3v) is 3.09. The highest BCUT2D eigenvalue weighted by molar-refractivity contribution is 5.58. The molecule has 1 aromatic heterocycles. The fourth-order valence-electron chi connectivity index (χ4n) is 2.30. The van der Waals surface area contributed by atoms with E-state index in [9.17, 15) is 4.39 Å². The summed E-state index contributed by atoms with van der Waals surface area (Å²) in [6, 6.07) is 3.91. The van der Waals surface area contributed by atoms with E-state index in [2.05, 4.69) is 16.9 Å². The summed E-state index contributed by atoms with van der Waals surface area (Å²) >= 11 is 0. The van der Waals surface area contributed by atoms with Gasteiger partial charge < -0.3 is 5.32 Å². The third kappa shape index (κ3) is 0.870. The number of anilines is 1. The normalized spacial score (nSPS) is 32.5. The van der Waals surface area contributed by atoms with E-state index in [1.54, 1.807) is 6.08 Å². The first-order valence-electron chi connectivity index (χ1n) is 4.81. The van der Waals surface area contributed by atoms with Crippen LogP contribution in [0.5, 0.6) is 0 Å². The summed E-state index contributed by atoms with van der Waals surface area (Å²) in [4.78, 5) is 4.29. The Labute approximate surface area is 81.9 Å². The molecule has 1 saturated carbocycles. The second-order valence-electron chi connectivity index (χ2n) is 4.05. The third-order valence-electron chi connectivity index (χ3n) is 3.09. The highest BCUT2D eigenvalue weighted by Crippen LogP contribution is 2.52. The topological polar surface area (TPSA) is 24.9 Å². The number of nitrogens with one attached hydrogen (secondary N) is 1. The molecular formula is C11H11FN2. The summed E-state index contributed by atoms with van der Waals surface area (Å²) < 4.78 is 14.1. The van der Waals surface area contributed by atoms with Crippen molar-refractivity contribution in [2.24, 2.45) is 0 Å². The van der Waals surface area contributed by atoms with Gasteiger partial charge in [0.1, 0.15) is 11.5 Å². The van der Waals surface area contributed by atoms with Crippen molar-refractivity contribution in [2.75, 3.05) is 5.32 Å². The second kappa shape index (κ2) is 2.35. The molecule has 0 aromatic carbocycles.